The van der Waals surface area contributed by atoms with Crippen molar-refractivity contribution in [3.8, 4) is 0 Å². The van der Waals surface area contributed by atoms with Crippen LogP contribution in [-0.4, -0.2) is 54.8 Å². The number of amides is 1. The second kappa shape index (κ2) is 8.52. The van der Waals surface area contributed by atoms with Crippen LogP contribution in [0.15, 0.2) is 0 Å². The third-order valence-corrected chi connectivity index (χ3v) is 3.88. The number of carbonyl (C=O) groups excluding carboxylic acids is 2. The van der Waals surface area contributed by atoms with Gasteiger partial charge in [-0.3, -0.25) is 9.69 Å². The molecule has 2 unspecified atom stereocenters. The zero-order valence-corrected chi connectivity index (χ0v) is 15.3. The van der Waals surface area contributed by atoms with Gasteiger partial charge in [0.15, 0.2) is 0 Å². The highest BCUT2D eigenvalue weighted by Gasteiger charge is 2.31. The Morgan fingerprint density at radius 1 is 1.26 bits per heavy atom. The number of esters is 1. The lowest BCUT2D eigenvalue weighted by Gasteiger charge is -2.39. The second-order valence-corrected chi connectivity index (χ2v) is 7.58. The Morgan fingerprint density at radius 3 is 2.43 bits per heavy atom. The molecule has 0 bridgehead atoms. The number of hydrogen-bond acceptors (Lipinski definition) is 5. The van der Waals surface area contributed by atoms with E-state index in [0.717, 1.165) is 13.0 Å². The number of nitrogens with one attached hydrogen (secondary N) is 1. The highest BCUT2D eigenvalue weighted by atomic mass is 16.6. The van der Waals surface area contributed by atoms with Crippen molar-refractivity contribution in [1.29, 1.82) is 0 Å². The molecule has 0 radical (unpaired) electrons. The molecule has 0 saturated carbocycles. The summed E-state index contributed by atoms with van der Waals surface area (Å²) in [6.45, 7) is 13.8. The minimum absolute atomic E-state index is 0.0135. The number of hydrogen-bond donors (Lipinski definition) is 1. The number of piperidine rings is 1. The molecule has 2 atom stereocenters. The fourth-order valence-corrected chi connectivity index (χ4v) is 2.81. The lowest BCUT2D eigenvalue weighted by Crippen LogP contribution is -2.53. The molecule has 0 spiro atoms. The topological polar surface area (TPSA) is 67.9 Å². The van der Waals surface area contributed by atoms with Crippen molar-refractivity contribution < 1.29 is 19.1 Å². The van der Waals surface area contributed by atoms with E-state index in [9.17, 15) is 9.59 Å². The Balaban J connectivity index is 2.63. The van der Waals surface area contributed by atoms with Crippen molar-refractivity contribution in [3.63, 3.8) is 0 Å². The minimum Gasteiger partial charge on any atom is -0.465 e. The Kier molecular flexibility index (Phi) is 7.32. The number of carbonyl (C=O) groups is 2. The van der Waals surface area contributed by atoms with Crippen LogP contribution >= 0.6 is 0 Å². The first kappa shape index (κ1) is 19.7. The van der Waals surface area contributed by atoms with Crippen molar-refractivity contribution in [1.82, 2.24) is 10.2 Å². The monoisotopic (exact) mass is 328 g/mol. The predicted molar refractivity (Wildman–Crippen MR) is 89.2 cm³/mol. The Hall–Kier alpha value is -1.30. The summed E-state index contributed by atoms with van der Waals surface area (Å²) in [6.07, 6.45) is 0.499. The average Bonchev–Trinajstić information content (AvgIpc) is 2.35. The van der Waals surface area contributed by atoms with E-state index in [-0.39, 0.29) is 18.6 Å². The molecule has 6 nitrogen and oxygen atoms in total. The summed E-state index contributed by atoms with van der Waals surface area (Å²) in [4.78, 5) is 25.8. The summed E-state index contributed by atoms with van der Waals surface area (Å²) >= 11 is 0. The molecule has 134 valence electrons. The van der Waals surface area contributed by atoms with Crippen LogP contribution in [-0.2, 0) is 14.3 Å². The molecule has 6 heteroatoms. The van der Waals surface area contributed by atoms with Crippen LogP contribution in [0.2, 0.25) is 0 Å². The minimum atomic E-state index is -0.513. The molecule has 0 aromatic rings. The van der Waals surface area contributed by atoms with Crippen LogP contribution in [0.25, 0.3) is 0 Å². The summed E-state index contributed by atoms with van der Waals surface area (Å²) in [5.74, 6) is 0.703. The SMILES string of the molecule is CCOC(=O)CN1CC(NC(=O)OC(C)(C)C)CC(C(C)C)C1. The summed E-state index contributed by atoms with van der Waals surface area (Å²) in [5, 5.41) is 2.94. The Bertz CT molecular complexity index is 404. The van der Waals surface area contributed by atoms with Gasteiger partial charge in [-0.05, 0) is 46.0 Å². The van der Waals surface area contributed by atoms with E-state index in [1.807, 2.05) is 20.8 Å². The highest BCUT2D eigenvalue weighted by Crippen LogP contribution is 2.24. The summed E-state index contributed by atoms with van der Waals surface area (Å²) in [7, 11) is 0. The summed E-state index contributed by atoms with van der Waals surface area (Å²) in [5.41, 5.74) is -0.513. The van der Waals surface area contributed by atoms with Gasteiger partial charge in [-0.15, -0.1) is 0 Å². The predicted octanol–water partition coefficient (Wildman–Crippen LogP) is 2.42. The van der Waals surface area contributed by atoms with Crippen LogP contribution < -0.4 is 5.32 Å². The fourth-order valence-electron chi connectivity index (χ4n) is 2.81. The normalized spacial score (nSPS) is 22.7. The second-order valence-electron chi connectivity index (χ2n) is 7.58. The van der Waals surface area contributed by atoms with Crippen molar-refractivity contribution >= 4 is 12.1 Å². The maximum atomic E-state index is 12.0. The van der Waals surface area contributed by atoms with Gasteiger partial charge in [-0.25, -0.2) is 4.79 Å². The van der Waals surface area contributed by atoms with Crippen molar-refractivity contribution in [2.24, 2.45) is 11.8 Å². The van der Waals surface area contributed by atoms with E-state index in [1.54, 1.807) is 6.92 Å². The van der Waals surface area contributed by atoms with Crippen LogP contribution in [0.3, 0.4) is 0 Å². The maximum absolute atomic E-state index is 12.0. The van der Waals surface area contributed by atoms with E-state index in [1.165, 1.54) is 0 Å². The van der Waals surface area contributed by atoms with Crippen molar-refractivity contribution in [2.45, 2.75) is 59.6 Å². The fraction of sp³-hybridized carbons (Fsp3) is 0.882. The van der Waals surface area contributed by atoms with E-state index >= 15 is 0 Å². The molecule has 23 heavy (non-hydrogen) atoms. The smallest absolute Gasteiger partial charge is 0.407 e. The van der Waals surface area contributed by atoms with Gasteiger partial charge in [0.05, 0.1) is 13.2 Å². The molecule has 1 aliphatic heterocycles. The van der Waals surface area contributed by atoms with Gasteiger partial charge in [-0.1, -0.05) is 13.8 Å². The standard InChI is InChI=1S/C17H32N2O4/c1-7-22-15(20)11-19-9-13(12(2)3)8-14(10-19)18-16(21)23-17(4,5)6/h12-14H,7-11H2,1-6H3,(H,18,21). The van der Waals surface area contributed by atoms with Gasteiger partial charge in [-0.2, -0.15) is 0 Å². The van der Waals surface area contributed by atoms with Gasteiger partial charge in [0, 0.05) is 19.1 Å². The van der Waals surface area contributed by atoms with Gasteiger partial charge in [0.1, 0.15) is 5.60 Å². The molecule has 1 amide bonds. The molecule has 1 N–H and O–H groups in total. The van der Waals surface area contributed by atoms with Gasteiger partial charge in [0.25, 0.3) is 0 Å². The van der Waals surface area contributed by atoms with Gasteiger partial charge in [0.2, 0.25) is 0 Å². The lowest BCUT2D eigenvalue weighted by atomic mass is 9.85. The number of nitrogens with zero attached hydrogens (tertiary/aromatic N) is 1. The van der Waals surface area contributed by atoms with E-state index in [0.29, 0.717) is 25.0 Å². The summed E-state index contributed by atoms with van der Waals surface area (Å²) in [6, 6.07) is -0.0135. The van der Waals surface area contributed by atoms with E-state index in [4.69, 9.17) is 9.47 Å². The molecule has 1 rings (SSSR count). The van der Waals surface area contributed by atoms with Crippen LogP contribution in [0.1, 0.15) is 48.0 Å². The molecular weight excluding hydrogens is 296 g/mol. The highest BCUT2D eigenvalue weighted by molar-refractivity contribution is 5.71. The van der Waals surface area contributed by atoms with Crippen LogP contribution in [0.4, 0.5) is 4.79 Å². The van der Waals surface area contributed by atoms with Gasteiger partial charge < -0.3 is 14.8 Å². The molecule has 0 aromatic heterocycles. The molecule has 1 saturated heterocycles. The van der Waals surface area contributed by atoms with Crippen LogP contribution in [0, 0.1) is 11.8 Å². The number of likely N-dealkylation sites (tertiary alicyclic amines) is 1. The molecule has 0 aliphatic carbocycles. The van der Waals surface area contributed by atoms with E-state index < -0.39 is 11.7 Å². The molecular formula is C17H32N2O4. The first-order chi connectivity index (χ1) is 10.6. The van der Waals surface area contributed by atoms with Crippen molar-refractivity contribution in [2.75, 3.05) is 26.2 Å². The van der Waals surface area contributed by atoms with Crippen LogP contribution in [0.5, 0.6) is 0 Å². The molecule has 0 aromatic carbocycles. The molecule has 1 fully saturated rings. The number of ether oxygens (including phenoxy) is 2. The average molecular weight is 328 g/mol. The summed E-state index contributed by atoms with van der Waals surface area (Å²) < 4.78 is 10.4. The number of alkyl carbamates (subject to hydrolysis) is 1. The number of rotatable bonds is 5. The third kappa shape index (κ3) is 7.68. The molecule has 1 heterocycles. The first-order valence-electron chi connectivity index (χ1n) is 8.48. The zero-order valence-electron chi connectivity index (χ0n) is 15.3. The van der Waals surface area contributed by atoms with E-state index in [2.05, 4.69) is 24.1 Å². The lowest BCUT2D eigenvalue weighted by molar-refractivity contribution is -0.145. The quantitative estimate of drug-likeness (QED) is 0.785. The maximum Gasteiger partial charge on any atom is 0.407 e. The Labute approximate surface area is 139 Å². The first-order valence-corrected chi connectivity index (χ1v) is 8.48. The van der Waals surface area contributed by atoms with Gasteiger partial charge >= 0.3 is 12.1 Å². The zero-order chi connectivity index (χ0) is 17.6. The Morgan fingerprint density at radius 2 is 1.91 bits per heavy atom. The molecule has 1 aliphatic rings. The third-order valence-electron chi connectivity index (χ3n) is 3.88. The van der Waals surface area contributed by atoms with Crippen molar-refractivity contribution in [3.05, 3.63) is 0 Å². The largest absolute Gasteiger partial charge is 0.465 e.